The lowest BCUT2D eigenvalue weighted by atomic mass is 10.2. The highest BCUT2D eigenvalue weighted by Crippen LogP contribution is 2.33. The van der Waals surface area contributed by atoms with Crippen LogP contribution in [0.4, 0.5) is 0 Å². The van der Waals surface area contributed by atoms with Crippen LogP contribution in [0.1, 0.15) is 30.2 Å². The van der Waals surface area contributed by atoms with E-state index in [9.17, 15) is 5.11 Å². The van der Waals surface area contributed by atoms with Gasteiger partial charge in [0.15, 0.2) is 17.2 Å². The predicted octanol–water partition coefficient (Wildman–Crippen LogP) is 3.47. The van der Waals surface area contributed by atoms with E-state index in [0.717, 1.165) is 23.7 Å². The zero-order valence-electron chi connectivity index (χ0n) is 15.6. The van der Waals surface area contributed by atoms with Crippen molar-refractivity contribution in [2.45, 2.75) is 25.5 Å². The fourth-order valence-corrected chi connectivity index (χ4v) is 3.16. The van der Waals surface area contributed by atoms with E-state index >= 15 is 0 Å². The van der Waals surface area contributed by atoms with Crippen LogP contribution in [-0.4, -0.2) is 37.5 Å². The van der Waals surface area contributed by atoms with Crippen molar-refractivity contribution >= 4 is 15.9 Å². The number of hydrogen-bond donors (Lipinski definition) is 2. The van der Waals surface area contributed by atoms with Crippen molar-refractivity contribution in [2.24, 2.45) is 5.92 Å². The molecule has 146 valence electrons. The normalized spacial score (nSPS) is 14.7. The molecule has 1 aromatic heterocycles. The summed E-state index contributed by atoms with van der Waals surface area (Å²) >= 11 is 3.34. The molecule has 6 nitrogen and oxygen atoms in total. The van der Waals surface area contributed by atoms with Crippen LogP contribution in [-0.2, 0) is 6.54 Å². The summed E-state index contributed by atoms with van der Waals surface area (Å²) in [5, 5.41) is 13.6. The van der Waals surface area contributed by atoms with E-state index in [4.69, 9.17) is 14.2 Å². The van der Waals surface area contributed by atoms with E-state index in [2.05, 4.69) is 26.2 Å². The van der Waals surface area contributed by atoms with Gasteiger partial charge in [0.25, 0.3) is 0 Å². The van der Waals surface area contributed by atoms with E-state index < -0.39 is 6.10 Å². The number of rotatable bonds is 10. The second-order valence-electron chi connectivity index (χ2n) is 6.62. The minimum Gasteiger partial charge on any atom is -0.494 e. The van der Waals surface area contributed by atoms with Crippen LogP contribution >= 0.6 is 15.9 Å². The fraction of sp³-hybridized carbons (Fsp3) is 0.450. The molecule has 0 bridgehead atoms. The maximum absolute atomic E-state index is 10.3. The van der Waals surface area contributed by atoms with Crippen LogP contribution in [0.25, 0.3) is 0 Å². The maximum atomic E-state index is 10.3. The van der Waals surface area contributed by atoms with Crippen molar-refractivity contribution < 1.29 is 19.3 Å². The quantitative estimate of drug-likeness (QED) is 0.555. The summed E-state index contributed by atoms with van der Waals surface area (Å²) in [6, 6.07) is 9.44. The topological polar surface area (TPSA) is 72.8 Å². The molecule has 0 aliphatic heterocycles. The maximum Gasteiger partial charge on any atom is 0.161 e. The number of hydrogen-bond acceptors (Lipinski definition) is 6. The SMILES string of the molecule is COc1cc(CNCC(O)c2ccc(OC)c(Br)n2)ccc1OCC1CC1. The molecule has 1 aliphatic carbocycles. The third-order valence-electron chi connectivity index (χ3n) is 4.46. The molecule has 1 fully saturated rings. The number of aliphatic hydroxyl groups is 1. The lowest BCUT2D eigenvalue weighted by Crippen LogP contribution is -2.21. The highest BCUT2D eigenvalue weighted by Gasteiger charge is 2.22. The molecule has 1 atom stereocenters. The van der Waals surface area contributed by atoms with Crippen LogP contribution in [0.15, 0.2) is 34.9 Å². The highest BCUT2D eigenvalue weighted by atomic mass is 79.9. The monoisotopic (exact) mass is 436 g/mol. The Labute approximate surface area is 168 Å². The van der Waals surface area contributed by atoms with Crippen molar-refractivity contribution in [3.8, 4) is 17.2 Å². The molecule has 2 aromatic rings. The number of pyridine rings is 1. The zero-order chi connectivity index (χ0) is 19.2. The van der Waals surface area contributed by atoms with Crippen molar-refractivity contribution in [1.82, 2.24) is 10.3 Å². The number of ether oxygens (including phenoxy) is 3. The first kappa shape index (κ1) is 19.9. The van der Waals surface area contributed by atoms with Gasteiger partial charge in [-0.25, -0.2) is 4.98 Å². The number of nitrogens with one attached hydrogen (secondary N) is 1. The number of halogens is 1. The summed E-state index contributed by atoms with van der Waals surface area (Å²) in [6.45, 7) is 1.74. The Kier molecular flexibility index (Phi) is 6.93. The van der Waals surface area contributed by atoms with E-state index in [1.54, 1.807) is 26.4 Å². The summed E-state index contributed by atoms with van der Waals surface area (Å²) in [6.07, 6.45) is 1.80. The van der Waals surface area contributed by atoms with Gasteiger partial charge in [-0.3, -0.25) is 0 Å². The number of nitrogens with zero attached hydrogens (tertiary/aromatic N) is 1. The summed E-state index contributed by atoms with van der Waals surface area (Å²) in [5.41, 5.74) is 1.64. The smallest absolute Gasteiger partial charge is 0.161 e. The molecule has 7 heteroatoms. The number of benzene rings is 1. The minimum atomic E-state index is -0.713. The first-order valence-corrected chi connectivity index (χ1v) is 9.79. The van der Waals surface area contributed by atoms with Gasteiger partial charge in [-0.2, -0.15) is 0 Å². The fourth-order valence-electron chi connectivity index (χ4n) is 2.66. The standard InChI is InChI=1S/C20H25BrN2O4/c1-25-18-8-6-15(23-20(18)21)16(24)11-22-10-14-5-7-17(19(9-14)26-2)27-12-13-3-4-13/h5-9,13,16,22,24H,3-4,10-12H2,1-2H3. The Hall–Kier alpha value is -1.83. The summed E-state index contributed by atoms with van der Waals surface area (Å²) in [5.74, 6) is 2.84. The largest absolute Gasteiger partial charge is 0.494 e. The first-order valence-electron chi connectivity index (χ1n) is 8.99. The van der Waals surface area contributed by atoms with Crippen molar-refractivity contribution in [1.29, 1.82) is 0 Å². The van der Waals surface area contributed by atoms with Crippen LogP contribution in [0.3, 0.4) is 0 Å². The number of methoxy groups -OCH3 is 2. The van der Waals surface area contributed by atoms with Gasteiger partial charge < -0.3 is 24.6 Å². The van der Waals surface area contributed by atoms with E-state index in [0.29, 0.717) is 35.1 Å². The van der Waals surface area contributed by atoms with Crippen molar-refractivity contribution in [2.75, 3.05) is 27.4 Å². The molecule has 1 aromatic carbocycles. The molecular weight excluding hydrogens is 412 g/mol. The first-order chi connectivity index (χ1) is 13.1. The van der Waals surface area contributed by atoms with Crippen LogP contribution in [0, 0.1) is 5.92 Å². The summed E-state index contributed by atoms with van der Waals surface area (Å²) < 4.78 is 17.0. The van der Waals surface area contributed by atoms with Gasteiger partial charge in [0.1, 0.15) is 10.7 Å². The lowest BCUT2D eigenvalue weighted by molar-refractivity contribution is 0.169. The molecule has 0 radical (unpaired) electrons. The van der Waals surface area contributed by atoms with Gasteiger partial charge in [0.2, 0.25) is 0 Å². The third kappa shape index (κ3) is 5.57. The second kappa shape index (κ2) is 9.39. The van der Waals surface area contributed by atoms with Gasteiger partial charge in [0.05, 0.1) is 26.5 Å². The zero-order valence-corrected chi connectivity index (χ0v) is 17.2. The molecule has 0 saturated heterocycles. The average molecular weight is 437 g/mol. The van der Waals surface area contributed by atoms with Crippen LogP contribution in [0.5, 0.6) is 17.2 Å². The Morgan fingerprint density at radius 3 is 2.56 bits per heavy atom. The Balaban J connectivity index is 1.52. The predicted molar refractivity (Wildman–Crippen MR) is 106 cm³/mol. The van der Waals surface area contributed by atoms with Gasteiger partial charge in [-0.05, 0) is 64.5 Å². The van der Waals surface area contributed by atoms with Gasteiger partial charge in [-0.15, -0.1) is 0 Å². The summed E-state index contributed by atoms with van der Waals surface area (Å²) in [4.78, 5) is 4.31. The highest BCUT2D eigenvalue weighted by molar-refractivity contribution is 9.10. The molecule has 1 aliphatic rings. The third-order valence-corrected chi connectivity index (χ3v) is 5.03. The van der Waals surface area contributed by atoms with Gasteiger partial charge in [-0.1, -0.05) is 6.07 Å². The Morgan fingerprint density at radius 2 is 1.89 bits per heavy atom. The number of aliphatic hydroxyl groups excluding tert-OH is 1. The molecule has 0 amide bonds. The molecule has 0 spiro atoms. The lowest BCUT2D eigenvalue weighted by Gasteiger charge is -2.14. The van der Waals surface area contributed by atoms with Crippen molar-refractivity contribution in [3.05, 3.63) is 46.2 Å². The Morgan fingerprint density at radius 1 is 1.15 bits per heavy atom. The van der Waals surface area contributed by atoms with Crippen LogP contribution < -0.4 is 19.5 Å². The average Bonchev–Trinajstić information content (AvgIpc) is 3.51. The minimum absolute atomic E-state index is 0.383. The van der Waals surface area contributed by atoms with Crippen LogP contribution in [0.2, 0.25) is 0 Å². The molecule has 1 heterocycles. The molecule has 2 N–H and O–H groups in total. The second-order valence-corrected chi connectivity index (χ2v) is 7.37. The molecule has 27 heavy (non-hydrogen) atoms. The van der Waals surface area contributed by atoms with E-state index in [1.807, 2.05) is 18.2 Å². The summed E-state index contributed by atoms with van der Waals surface area (Å²) in [7, 11) is 3.23. The van der Waals surface area contributed by atoms with Gasteiger partial charge >= 0.3 is 0 Å². The van der Waals surface area contributed by atoms with Gasteiger partial charge in [0, 0.05) is 13.1 Å². The Bertz CT molecular complexity index is 768. The number of aromatic nitrogens is 1. The van der Waals surface area contributed by atoms with E-state index in [-0.39, 0.29) is 0 Å². The molecule has 1 unspecified atom stereocenters. The molecular formula is C20H25BrN2O4. The molecule has 1 saturated carbocycles. The van der Waals surface area contributed by atoms with E-state index in [1.165, 1.54) is 12.8 Å². The molecule has 3 rings (SSSR count). The van der Waals surface area contributed by atoms with Crippen molar-refractivity contribution in [3.63, 3.8) is 0 Å².